The molecule has 5 heteroatoms. The van der Waals surface area contributed by atoms with Crippen molar-refractivity contribution in [2.24, 2.45) is 0 Å². The van der Waals surface area contributed by atoms with Crippen molar-refractivity contribution in [3.05, 3.63) is 23.8 Å². The Labute approximate surface area is 137 Å². The van der Waals surface area contributed by atoms with Crippen LogP contribution in [0.3, 0.4) is 0 Å². The molecule has 2 N–H and O–H groups in total. The highest BCUT2D eigenvalue weighted by atomic mass is 16.5. The Morgan fingerprint density at radius 3 is 2.87 bits per heavy atom. The Morgan fingerprint density at radius 2 is 2.17 bits per heavy atom. The summed E-state index contributed by atoms with van der Waals surface area (Å²) in [5.74, 6) is 0.967. The summed E-state index contributed by atoms with van der Waals surface area (Å²) in [5, 5.41) is 6.33. The highest BCUT2D eigenvalue weighted by Crippen LogP contribution is 2.25. The van der Waals surface area contributed by atoms with Crippen molar-refractivity contribution in [1.82, 2.24) is 5.32 Å². The molecule has 1 unspecified atom stereocenters. The van der Waals surface area contributed by atoms with Gasteiger partial charge in [0.25, 0.3) is 0 Å². The van der Waals surface area contributed by atoms with Gasteiger partial charge in [0.15, 0.2) is 0 Å². The van der Waals surface area contributed by atoms with Gasteiger partial charge in [0.1, 0.15) is 11.9 Å². The van der Waals surface area contributed by atoms with Crippen LogP contribution in [0.15, 0.2) is 18.2 Å². The van der Waals surface area contributed by atoms with Gasteiger partial charge in [0.05, 0.1) is 13.2 Å². The fourth-order valence-corrected chi connectivity index (χ4v) is 3.20. The summed E-state index contributed by atoms with van der Waals surface area (Å²) in [7, 11) is 0. The SMILES string of the molecule is Cc1cc(NC(=O)CC2CCCN2)ccc1OC1CCOCC1. The average molecular weight is 318 g/mol. The first-order chi connectivity index (χ1) is 11.2. The molecule has 1 aromatic carbocycles. The Kier molecular flexibility index (Phi) is 5.51. The third kappa shape index (κ3) is 4.69. The minimum absolute atomic E-state index is 0.0712. The van der Waals surface area contributed by atoms with Crippen LogP contribution < -0.4 is 15.4 Å². The molecule has 1 amide bonds. The van der Waals surface area contributed by atoms with Crippen LogP contribution in [0.4, 0.5) is 5.69 Å². The lowest BCUT2D eigenvalue weighted by atomic mass is 10.1. The van der Waals surface area contributed by atoms with Crippen LogP contribution in [0, 0.1) is 6.92 Å². The van der Waals surface area contributed by atoms with Crippen LogP contribution in [0.2, 0.25) is 0 Å². The van der Waals surface area contributed by atoms with Crippen LogP contribution in [0.5, 0.6) is 5.75 Å². The minimum atomic E-state index is 0.0712. The second-order valence-corrected chi connectivity index (χ2v) is 6.46. The monoisotopic (exact) mass is 318 g/mol. The number of rotatable bonds is 5. The van der Waals surface area contributed by atoms with E-state index < -0.39 is 0 Å². The molecule has 3 rings (SSSR count). The fourth-order valence-electron chi connectivity index (χ4n) is 3.20. The molecule has 0 aromatic heterocycles. The summed E-state index contributed by atoms with van der Waals surface area (Å²) in [6, 6.07) is 6.18. The maximum Gasteiger partial charge on any atom is 0.225 e. The number of ether oxygens (including phenoxy) is 2. The quantitative estimate of drug-likeness (QED) is 0.876. The lowest BCUT2D eigenvalue weighted by molar-refractivity contribution is -0.116. The number of nitrogens with one attached hydrogen (secondary N) is 2. The van der Waals surface area contributed by atoms with Gasteiger partial charge in [-0.3, -0.25) is 4.79 Å². The highest BCUT2D eigenvalue weighted by molar-refractivity contribution is 5.91. The van der Waals surface area contributed by atoms with Crippen LogP contribution in [0.25, 0.3) is 0 Å². The molecule has 1 atom stereocenters. The number of anilines is 1. The zero-order valence-electron chi connectivity index (χ0n) is 13.8. The van der Waals surface area contributed by atoms with E-state index in [0.717, 1.165) is 62.4 Å². The maximum absolute atomic E-state index is 12.1. The molecular weight excluding hydrogens is 292 g/mol. The summed E-state index contributed by atoms with van der Waals surface area (Å²) < 4.78 is 11.4. The zero-order valence-corrected chi connectivity index (χ0v) is 13.8. The van der Waals surface area contributed by atoms with Crippen molar-refractivity contribution in [2.45, 2.75) is 51.2 Å². The van der Waals surface area contributed by atoms with E-state index in [-0.39, 0.29) is 12.0 Å². The number of amides is 1. The molecule has 5 nitrogen and oxygen atoms in total. The molecule has 1 aromatic rings. The predicted octanol–water partition coefficient (Wildman–Crippen LogP) is 2.63. The van der Waals surface area contributed by atoms with E-state index in [2.05, 4.69) is 10.6 Å². The van der Waals surface area contributed by atoms with Crippen molar-refractivity contribution in [2.75, 3.05) is 25.1 Å². The van der Waals surface area contributed by atoms with Gasteiger partial charge in [0, 0.05) is 31.0 Å². The maximum atomic E-state index is 12.1. The van der Waals surface area contributed by atoms with Gasteiger partial charge in [-0.25, -0.2) is 0 Å². The first kappa shape index (κ1) is 16.3. The number of aryl methyl sites for hydroxylation is 1. The smallest absolute Gasteiger partial charge is 0.225 e. The molecular formula is C18H26N2O3. The van der Waals surface area contributed by atoms with Crippen LogP contribution in [0.1, 0.15) is 37.7 Å². The highest BCUT2D eigenvalue weighted by Gasteiger charge is 2.18. The molecule has 0 aliphatic carbocycles. The largest absolute Gasteiger partial charge is 0.490 e. The fraction of sp³-hybridized carbons (Fsp3) is 0.611. The van der Waals surface area contributed by atoms with E-state index >= 15 is 0 Å². The standard InChI is InChI=1S/C18H26N2O3/c1-13-11-15(20-18(21)12-14-3-2-8-19-14)4-5-17(13)23-16-6-9-22-10-7-16/h4-5,11,14,16,19H,2-3,6-10,12H2,1H3,(H,20,21). The number of carbonyl (C=O) groups is 1. The van der Waals surface area contributed by atoms with Crippen LogP contribution >= 0.6 is 0 Å². The molecule has 2 saturated heterocycles. The van der Waals surface area contributed by atoms with Crippen molar-refractivity contribution in [3.63, 3.8) is 0 Å². The summed E-state index contributed by atoms with van der Waals surface area (Å²) in [4.78, 5) is 12.1. The molecule has 2 fully saturated rings. The molecule has 0 saturated carbocycles. The van der Waals surface area contributed by atoms with Gasteiger partial charge in [-0.1, -0.05) is 0 Å². The van der Waals surface area contributed by atoms with E-state index in [0.29, 0.717) is 12.5 Å². The Bertz CT molecular complexity index is 535. The van der Waals surface area contributed by atoms with E-state index in [9.17, 15) is 4.79 Å². The lowest BCUT2D eigenvalue weighted by Crippen LogP contribution is -2.27. The summed E-state index contributed by atoms with van der Waals surface area (Å²) in [6.07, 6.45) is 4.90. The van der Waals surface area contributed by atoms with E-state index in [1.807, 2.05) is 25.1 Å². The summed E-state index contributed by atoms with van der Waals surface area (Å²) >= 11 is 0. The topological polar surface area (TPSA) is 59.6 Å². The number of hydrogen-bond donors (Lipinski definition) is 2. The van der Waals surface area contributed by atoms with E-state index in [1.165, 1.54) is 0 Å². The van der Waals surface area contributed by atoms with Gasteiger partial charge in [-0.05, 0) is 50.1 Å². The first-order valence-corrected chi connectivity index (χ1v) is 8.59. The molecule has 0 spiro atoms. The van der Waals surface area contributed by atoms with Gasteiger partial charge < -0.3 is 20.1 Å². The van der Waals surface area contributed by atoms with Crippen molar-refractivity contribution >= 4 is 11.6 Å². The zero-order chi connectivity index (χ0) is 16.1. The molecule has 2 aliphatic rings. The molecule has 23 heavy (non-hydrogen) atoms. The number of benzene rings is 1. The minimum Gasteiger partial charge on any atom is -0.490 e. The Balaban J connectivity index is 1.54. The van der Waals surface area contributed by atoms with E-state index in [1.54, 1.807) is 0 Å². The van der Waals surface area contributed by atoms with Gasteiger partial charge >= 0.3 is 0 Å². The predicted molar refractivity (Wildman–Crippen MR) is 89.9 cm³/mol. The Hall–Kier alpha value is -1.59. The van der Waals surface area contributed by atoms with Gasteiger partial charge in [-0.15, -0.1) is 0 Å². The lowest BCUT2D eigenvalue weighted by Gasteiger charge is -2.24. The third-order valence-corrected chi connectivity index (χ3v) is 4.51. The van der Waals surface area contributed by atoms with Crippen LogP contribution in [-0.4, -0.2) is 37.8 Å². The second kappa shape index (κ2) is 7.79. The van der Waals surface area contributed by atoms with E-state index in [4.69, 9.17) is 9.47 Å². The molecule has 126 valence electrons. The number of hydrogen-bond acceptors (Lipinski definition) is 4. The number of carbonyl (C=O) groups excluding carboxylic acids is 1. The summed E-state index contributed by atoms with van der Waals surface area (Å²) in [5.41, 5.74) is 1.89. The normalized spacial score (nSPS) is 22.0. The molecule has 2 heterocycles. The third-order valence-electron chi connectivity index (χ3n) is 4.51. The molecule has 0 radical (unpaired) electrons. The second-order valence-electron chi connectivity index (χ2n) is 6.46. The average Bonchev–Trinajstić information content (AvgIpc) is 3.04. The Morgan fingerprint density at radius 1 is 1.35 bits per heavy atom. The van der Waals surface area contributed by atoms with Gasteiger partial charge in [0.2, 0.25) is 5.91 Å². The molecule has 2 aliphatic heterocycles. The van der Waals surface area contributed by atoms with Crippen molar-refractivity contribution in [3.8, 4) is 5.75 Å². The first-order valence-electron chi connectivity index (χ1n) is 8.59. The van der Waals surface area contributed by atoms with Crippen molar-refractivity contribution in [1.29, 1.82) is 0 Å². The van der Waals surface area contributed by atoms with Crippen molar-refractivity contribution < 1.29 is 14.3 Å². The van der Waals surface area contributed by atoms with Gasteiger partial charge in [-0.2, -0.15) is 0 Å². The molecule has 0 bridgehead atoms. The van der Waals surface area contributed by atoms with Crippen LogP contribution in [-0.2, 0) is 9.53 Å². The summed E-state index contributed by atoms with van der Waals surface area (Å²) in [6.45, 7) is 4.58.